The average molecular weight is 1260 g/mol. The SMILES string of the molecule is CC(=O)OC[C@H]1O[C@H](OC[C@H]2O[C@H](O[C@H]3[C@H](OC(C)=O)[C@@H](OC(C)=O)[C@H](O[C@H]4[C@H](OC(C)=O)[C@@H](OC(C)=O)[C@H](OC(C)=O)O[C@@H]4COC(C)=O)O[C@@H]3COC(C)=O)[C@H](OC(C)=O)[C@@H](OC(C)=O)[C@@H]2OC(C)=O)[C@H](OC(C)=O)[C@@H](OC(C)=O)[C@@H]1OC(C)=O. The minimum absolute atomic E-state index is 0.703. The van der Waals surface area contributed by atoms with E-state index in [4.69, 9.17) is 99.5 Å². The maximum absolute atomic E-state index is 13.3. The van der Waals surface area contributed by atoms with Crippen molar-refractivity contribution in [1.82, 2.24) is 0 Å². The molecule has 4 fully saturated rings. The van der Waals surface area contributed by atoms with Crippen LogP contribution in [0.4, 0.5) is 0 Å². The number of carbonyl (C=O) groups is 14. The highest BCUT2D eigenvalue weighted by atomic mass is 16.8. The van der Waals surface area contributed by atoms with Crippen molar-refractivity contribution >= 4 is 83.6 Å². The number of carbonyl (C=O) groups excluding carboxylic acids is 14. The predicted molar refractivity (Wildman–Crippen MR) is 268 cm³/mol. The van der Waals surface area contributed by atoms with E-state index >= 15 is 0 Å². The summed E-state index contributed by atoms with van der Waals surface area (Å²) in [7, 11) is 0. The number of ether oxygens (including phenoxy) is 21. The Bertz CT molecular complexity index is 2530. The van der Waals surface area contributed by atoms with Crippen LogP contribution in [0.25, 0.3) is 0 Å². The molecule has 488 valence electrons. The van der Waals surface area contributed by atoms with Gasteiger partial charge in [0.1, 0.15) is 56.4 Å². The summed E-state index contributed by atoms with van der Waals surface area (Å²) in [5.41, 5.74) is 0. The first-order chi connectivity index (χ1) is 40.6. The molecule has 35 heteroatoms. The second kappa shape index (κ2) is 32.9. The van der Waals surface area contributed by atoms with Crippen molar-refractivity contribution in [2.75, 3.05) is 26.4 Å². The van der Waals surface area contributed by atoms with Crippen molar-refractivity contribution in [3.05, 3.63) is 0 Å². The molecule has 0 N–H and O–H groups in total. The van der Waals surface area contributed by atoms with E-state index in [-0.39, 0.29) is 0 Å². The van der Waals surface area contributed by atoms with Gasteiger partial charge in [-0.2, -0.15) is 0 Å². The van der Waals surface area contributed by atoms with E-state index in [1.54, 1.807) is 0 Å². The van der Waals surface area contributed by atoms with Crippen LogP contribution in [0.5, 0.6) is 0 Å². The molecular weight excluding hydrogens is 1180 g/mol. The summed E-state index contributed by atoms with van der Waals surface area (Å²) in [5, 5.41) is 0. The molecule has 0 bridgehead atoms. The Kier molecular flexibility index (Phi) is 27.1. The molecule has 20 atom stereocenters. The fourth-order valence-corrected chi connectivity index (χ4v) is 9.33. The molecule has 0 radical (unpaired) electrons. The van der Waals surface area contributed by atoms with Crippen LogP contribution in [0.15, 0.2) is 0 Å². The molecule has 0 aliphatic carbocycles. The van der Waals surface area contributed by atoms with E-state index in [1.165, 1.54) is 0 Å². The minimum atomic E-state index is -2.23. The first kappa shape index (κ1) is 71.8. The first-order valence-corrected chi connectivity index (χ1v) is 26.5. The maximum Gasteiger partial charge on any atom is 0.305 e. The van der Waals surface area contributed by atoms with Crippen LogP contribution in [0.1, 0.15) is 96.9 Å². The van der Waals surface area contributed by atoms with Gasteiger partial charge in [-0.1, -0.05) is 0 Å². The van der Waals surface area contributed by atoms with Gasteiger partial charge in [-0.3, -0.25) is 67.1 Å². The zero-order valence-corrected chi connectivity index (χ0v) is 49.7. The van der Waals surface area contributed by atoms with Crippen LogP contribution < -0.4 is 0 Å². The van der Waals surface area contributed by atoms with Gasteiger partial charge in [0.2, 0.25) is 12.4 Å². The Balaban J connectivity index is 1.97. The molecule has 35 nitrogen and oxygen atoms in total. The Morgan fingerprint density at radius 2 is 0.425 bits per heavy atom. The lowest BCUT2D eigenvalue weighted by Gasteiger charge is -2.50. The Labute approximate surface area is 495 Å². The molecule has 4 saturated heterocycles. The Morgan fingerprint density at radius 3 is 0.713 bits per heavy atom. The zero-order valence-electron chi connectivity index (χ0n) is 49.7. The van der Waals surface area contributed by atoms with Gasteiger partial charge in [0.15, 0.2) is 73.8 Å². The van der Waals surface area contributed by atoms with Crippen LogP contribution in [0, 0.1) is 0 Å². The molecule has 4 aliphatic heterocycles. The summed E-state index contributed by atoms with van der Waals surface area (Å²) >= 11 is 0. The zero-order chi connectivity index (χ0) is 65.3. The fourth-order valence-electron chi connectivity index (χ4n) is 9.33. The lowest BCUT2D eigenvalue weighted by Crippen LogP contribution is -2.69. The standard InChI is InChI=1S/C52H70O35/c1-19(53)67-15-33-37(71-22(4)56)41(73-24(6)58)45(77-28(10)62)49(82-33)70-18-36-38(72-23(5)57)42(74-25(7)59)47(79-30(12)64)51(85-36)87-40-35(17-69-21(3)55)84-52(48(80-31(13)65)44(40)76-27(9)61)86-39-34(16-68-20(2)54)83-50(81-32(14)66)46(78-29(11)63)43(39)75-26(8)60/h33-52H,15-18H2,1-14H3/t33-,34-,35-,36-,37-,38-,39-,40-,41+,42+,43+,44+,45-,46-,47-,48-,49+,50-,51-,52+/m1/s1. The van der Waals surface area contributed by atoms with Gasteiger partial charge in [-0.15, -0.1) is 0 Å². The van der Waals surface area contributed by atoms with E-state index in [0.717, 1.165) is 96.9 Å². The van der Waals surface area contributed by atoms with Crippen molar-refractivity contribution in [3.63, 3.8) is 0 Å². The largest absolute Gasteiger partial charge is 0.463 e. The molecule has 4 rings (SSSR count). The van der Waals surface area contributed by atoms with E-state index in [9.17, 15) is 67.1 Å². The Hall–Kier alpha value is -7.70. The third-order valence-electron chi connectivity index (χ3n) is 12.0. The van der Waals surface area contributed by atoms with Gasteiger partial charge in [0.25, 0.3) is 0 Å². The second-order valence-electron chi connectivity index (χ2n) is 19.5. The quantitative estimate of drug-likeness (QED) is 0.0763. The number of hydrogen-bond donors (Lipinski definition) is 0. The first-order valence-electron chi connectivity index (χ1n) is 26.5. The molecule has 0 spiro atoms. The van der Waals surface area contributed by atoms with Gasteiger partial charge in [-0.25, -0.2) is 0 Å². The number of esters is 14. The van der Waals surface area contributed by atoms with Crippen LogP contribution in [-0.4, -0.2) is 233 Å². The lowest BCUT2D eigenvalue weighted by molar-refractivity contribution is -0.381. The van der Waals surface area contributed by atoms with Crippen LogP contribution in [0.2, 0.25) is 0 Å². The van der Waals surface area contributed by atoms with E-state index < -0.39 is 233 Å². The molecule has 0 aromatic heterocycles. The van der Waals surface area contributed by atoms with Gasteiger partial charge in [0, 0.05) is 96.9 Å². The average Bonchev–Trinajstić information content (AvgIpc) is 0.857. The molecule has 0 unspecified atom stereocenters. The highest BCUT2D eigenvalue weighted by Gasteiger charge is 2.61. The van der Waals surface area contributed by atoms with Crippen molar-refractivity contribution in [2.45, 2.75) is 220 Å². The molecule has 0 aromatic rings. The normalized spacial score (nSPS) is 31.9. The van der Waals surface area contributed by atoms with Crippen LogP contribution in [0.3, 0.4) is 0 Å². The van der Waals surface area contributed by atoms with Crippen LogP contribution >= 0.6 is 0 Å². The van der Waals surface area contributed by atoms with E-state index in [0.29, 0.717) is 0 Å². The van der Waals surface area contributed by atoms with E-state index in [1.807, 2.05) is 0 Å². The molecule has 4 aliphatic rings. The third kappa shape index (κ3) is 21.9. The van der Waals surface area contributed by atoms with Crippen molar-refractivity contribution < 1.29 is 167 Å². The summed E-state index contributed by atoms with van der Waals surface area (Å²) < 4.78 is 121. The van der Waals surface area contributed by atoms with Crippen molar-refractivity contribution in [1.29, 1.82) is 0 Å². The highest BCUT2D eigenvalue weighted by Crippen LogP contribution is 2.39. The molecule has 0 amide bonds. The topological polar surface area (TPSA) is 433 Å². The molecule has 4 heterocycles. The molecular formula is C52H70O35. The van der Waals surface area contributed by atoms with Gasteiger partial charge in [-0.05, 0) is 0 Å². The molecule has 0 aromatic carbocycles. The summed E-state index contributed by atoms with van der Waals surface area (Å²) in [5.74, 6) is -14.5. The summed E-state index contributed by atoms with van der Waals surface area (Å²) in [6, 6.07) is 0. The highest BCUT2D eigenvalue weighted by molar-refractivity contribution is 5.71. The van der Waals surface area contributed by atoms with Gasteiger partial charge >= 0.3 is 83.6 Å². The fraction of sp³-hybridized carbons (Fsp3) is 0.731. The third-order valence-corrected chi connectivity index (χ3v) is 12.0. The maximum atomic E-state index is 13.3. The lowest BCUT2D eigenvalue weighted by atomic mass is 9.95. The summed E-state index contributed by atoms with van der Waals surface area (Å²) in [6.07, 6.45) is -38.5. The number of hydrogen-bond acceptors (Lipinski definition) is 35. The molecule has 87 heavy (non-hydrogen) atoms. The van der Waals surface area contributed by atoms with Gasteiger partial charge in [0.05, 0.1) is 6.61 Å². The Morgan fingerprint density at radius 1 is 0.218 bits per heavy atom. The van der Waals surface area contributed by atoms with Crippen molar-refractivity contribution in [2.24, 2.45) is 0 Å². The van der Waals surface area contributed by atoms with E-state index in [2.05, 4.69) is 0 Å². The van der Waals surface area contributed by atoms with Crippen LogP contribution in [-0.2, 0) is 167 Å². The number of rotatable bonds is 24. The minimum Gasteiger partial charge on any atom is -0.463 e. The summed E-state index contributed by atoms with van der Waals surface area (Å²) in [4.78, 5) is 178. The monoisotopic (exact) mass is 1250 g/mol. The second-order valence-corrected chi connectivity index (χ2v) is 19.5. The summed E-state index contributed by atoms with van der Waals surface area (Å²) in [6.45, 7) is 9.78. The predicted octanol–water partition coefficient (Wildman–Crippen LogP) is -1.76. The molecule has 0 saturated carbocycles. The van der Waals surface area contributed by atoms with Gasteiger partial charge < -0.3 is 99.5 Å². The smallest absolute Gasteiger partial charge is 0.305 e. The van der Waals surface area contributed by atoms with Crippen molar-refractivity contribution in [3.8, 4) is 0 Å².